The highest BCUT2D eigenvalue weighted by molar-refractivity contribution is 7.97. The normalized spacial score (nSPS) is 11.5. The van der Waals surface area contributed by atoms with Gasteiger partial charge in [-0.15, -0.1) is 0 Å². The Balaban J connectivity index is 0.000000366. The average Bonchev–Trinajstić information content (AvgIpc) is 2.75. The molecule has 0 saturated heterocycles. The van der Waals surface area contributed by atoms with Crippen LogP contribution in [0.4, 0.5) is 13.2 Å². The number of ether oxygens (including phenoxy) is 2. The third-order valence-electron chi connectivity index (χ3n) is 3.85. The lowest BCUT2D eigenvalue weighted by Crippen LogP contribution is -2.21. The fraction of sp³-hybridized carbons (Fsp3) is 0.143. The zero-order valence-electron chi connectivity index (χ0n) is 16.5. The number of hydrogen-bond donors (Lipinski definition) is 0. The quantitative estimate of drug-likeness (QED) is 0.301. The Kier molecular flexibility index (Phi) is 8.37. The third-order valence-corrected chi connectivity index (χ3v) is 6.65. The molecule has 0 amide bonds. The first-order chi connectivity index (χ1) is 14.6. The molecule has 10 heteroatoms. The van der Waals surface area contributed by atoms with Crippen molar-refractivity contribution in [1.29, 1.82) is 0 Å². The molecule has 0 aliphatic rings. The number of benzene rings is 3. The summed E-state index contributed by atoms with van der Waals surface area (Å²) in [5.74, 6) is 1.75. The van der Waals surface area contributed by atoms with E-state index < -0.39 is 15.6 Å². The lowest BCUT2D eigenvalue weighted by molar-refractivity contribution is -0.0517. The van der Waals surface area contributed by atoms with Crippen LogP contribution in [0, 0.1) is 0 Å². The fourth-order valence-electron chi connectivity index (χ4n) is 2.39. The van der Waals surface area contributed by atoms with E-state index >= 15 is 0 Å². The van der Waals surface area contributed by atoms with Crippen LogP contribution >= 0.6 is 0 Å². The van der Waals surface area contributed by atoms with Gasteiger partial charge < -0.3 is 14.0 Å². The molecule has 0 aliphatic carbocycles. The van der Waals surface area contributed by atoms with Gasteiger partial charge in [-0.05, 0) is 60.7 Å². The average molecular weight is 473 g/mol. The van der Waals surface area contributed by atoms with Crippen molar-refractivity contribution in [3.63, 3.8) is 0 Å². The lowest BCUT2D eigenvalue weighted by Gasteiger charge is -2.09. The molecule has 0 fully saturated rings. The van der Waals surface area contributed by atoms with Gasteiger partial charge in [0, 0.05) is 0 Å². The molecule has 0 unspecified atom stereocenters. The first-order valence-corrected chi connectivity index (χ1v) is 11.3. The summed E-state index contributed by atoms with van der Waals surface area (Å²) in [6, 6.07) is 27.2. The highest BCUT2D eigenvalue weighted by Crippen LogP contribution is 2.32. The minimum atomic E-state index is -6.09. The molecular formula is C21H19F3O5S2. The second-order valence-corrected chi connectivity index (χ2v) is 9.27. The molecule has 3 aromatic rings. The molecule has 0 aromatic heterocycles. The van der Waals surface area contributed by atoms with E-state index in [1.54, 1.807) is 14.2 Å². The first kappa shape index (κ1) is 24.6. The van der Waals surface area contributed by atoms with Gasteiger partial charge in [0.15, 0.2) is 24.8 Å². The van der Waals surface area contributed by atoms with Crippen molar-refractivity contribution in [2.45, 2.75) is 20.2 Å². The summed E-state index contributed by atoms with van der Waals surface area (Å²) < 4.78 is 69.5. The lowest BCUT2D eigenvalue weighted by atomic mass is 10.3. The summed E-state index contributed by atoms with van der Waals surface area (Å²) in [4.78, 5) is 3.83. The van der Waals surface area contributed by atoms with Crippen LogP contribution in [0.25, 0.3) is 0 Å². The van der Waals surface area contributed by atoms with Crippen molar-refractivity contribution < 1.29 is 35.6 Å². The van der Waals surface area contributed by atoms with Crippen LogP contribution in [-0.4, -0.2) is 32.7 Å². The van der Waals surface area contributed by atoms with E-state index in [-0.39, 0.29) is 10.9 Å². The Morgan fingerprint density at radius 3 is 1.32 bits per heavy atom. The molecule has 3 rings (SSSR count). The molecule has 0 saturated carbocycles. The number of rotatable bonds is 5. The molecule has 166 valence electrons. The summed E-state index contributed by atoms with van der Waals surface area (Å²) in [5, 5.41) is 0. The van der Waals surface area contributed by atoms with Gasteiger partial charge >= 0.3 is 5.51 Å². The van der Waals surface area contributed by atoms with Crippen molar-refractivity contribution in [2.24, 2.45) is 0 Å². The number of methoxy groups -OCH3 is 2. The molecule has 0 heterocycles. The molecule has 0 atom stereocenters. The summed E-state index contributed by atoms with van der Waals surface area (Å²) >= 11 is 0. The van der Waals surface area contributed by atoms with Crippen LogP contribution in [0.3, 0.4) is 0 Å². The van der Waals surface area contributed by atoms with Gasteiger partial charge in [-0.3, -0.25) is 0 Å². The van der Waals surface area contributed by atoms with Gasteiger partial charge in [0.2, 0.25) is 0 Å². The minimum Gasteiger partial charge on any atom is -0.741 e. The van der Waals surface area contributed by atoms with Gasteiger partial charge in [-0.25, -0.2) is 8.42 Å². The van der Waals surface area contributed by atoms with E-state index in [0.29, 0.717) is 0 Å². The van der Waals surface area contributed by atoms with Gasteiger partial charge in [-0.1, -0.05) is 18.2 Å². The summed E-state index contributed by atoms with van der Waals surface area (Å²) in [7, 11) is -2.86. The van der Waals surface area contributed by atoms with Crippen LogP contribution in [-0.2, 0) is 21.0 Å². The summed E-state index contributed by atoms with van der Waals surface area (Å²) in [6.45, 7) is 0. The zero-order chi connectivity index (χ0) is 23.1. The predicted octanol–water partition coefficient (Wildman–Crippen LogP) is 4.85. The van der Waals surface area contributed by atoms with E-state index in [9.17, 15) is 13.2 Å². The smallest absolute Gasteiger partial charge is 0.485 e. The standard InChI is InChI=1S/C20H19O2S.CHF3O3S/c1-21-16-8-12-19(13-9-16)23(18-6-4-3-5-7-18)20-14-10-17(22-2)11-15-20;2-1(3,4)8(5,6)7/h3-15H,1-2H3;(H,5,6,7)/q+1;/p-1. The Morgan fingerprint density at radius 1 is 0.710 bits per heavy atom. The Bertz CT molecular complexity index is 1010. The van der Waals surface area contributed by atoms with Crippen molar-refractivity contribution in [1.82, 2.24) is 0 Å². The summed E-state index contributed by atoms with van der Waals surface area (Å²) in [5.41, 5.74) is -5.65. The molecular weight excluding hydrogens is 453 g/mol. The molecule has 0 aliphatic heterocycles. The topological polar surface area (TPSA) is 75.7 Å². The highest BCUT2D eigenvalue weighted by Gasteiger charge is 2.37. The molecule has 5 nitrogen and oxygen atoms in total. The fourth-order valence-corrected chi connectivity index (χ4v) is 4.45. The summed E-state index contributed by atoms with van der Waals surface area (Å²) in [6.07, 6.45) is 0. The molecule has 0 spiro atoms. The van der Waals surface area contributed by atoms with Crippen molar-refractivity contribution in [3.8, 4) is 11.5 Å². The second kappa shape index (κ2) is 10.6. The third kappa shape index (κ3) is 6.91. The van der Waals surface area contributed by atoms with E-state index in [0.717, 1.165) is 11.5 Å². The maximum absolute atomic E-state index is 10.7. The van der Waals surface area contributed by atoms with Crippen LogP contribution < -0.4 is 9.47 Å². The zero-order valence-corrected chi connectivity index (χ0v) is 18.1. The van der Waals surface area contributed by atoms with Gasteiger partial charge in [0.25, 0.3) is 0 Å². The van der Waals surface area contributed by atoms with Crippen molar-refractivity contribution in [2.75, 3.05) is 14.2 Å². The van der Waals surface area contributed by atoms with Crippen LogP contribution in [0.1, 0.15) is 0 Å². The Labute approximate surface area is 181 Å². The van der Waals surface area contributed by atoms with E-state index in [1.807, 2.05) is 30.3 Å². The largest absolute Gasteiger partial charge is 0.741 e. The Hall–Kier alpha value is -2.69. The van der Waals surface area contributed by atoms with Gasteiger partial charge in [0.05, 0.1) is 25.1 Å². The molecule has 0 bridgehead atoms. The number of halogens is 3. The molecule has 0 N–H and O–H groups in total. The van der Waals surface area contributed by atoms with E-state index in [1.165, 1.54) is 14.7 Å². The van der Waals surface area contributed by atoms with E-state index in [4.69, 9.17) is 22.4 Å². The SMILES string of the molecule is COc1ccc([S+](c2ccccc2)c2ccc(OC)cc2)cc1.O=S(=O)([O-])C(F)(F)F. The maximum Gasteiger partial charge on any atom is 0.485 e. The van der Waals surface area contributed by atoms with Gasteiger partial charge in [-0.2, -0.15) is 13.2 Å². The maximum atomic E-state index is 10.7. The second-order valence-electron chi connectivity index (χ2n) is 5.87. The first-order valence-electron chi connectivity index (χ1n) is 8.66. The highest BCUT2D eigenvalue weighted by atomic mass is 32.2. The number of alkyl halides is 3. The van der Waals surface area contributed by atoms with Crippen LogP contribution in [0.15, 0.2) is 93.5 Å². The van der Waals surface area contributed by atoms with E-state index in [2.05, 4.69) is 48.5 Å². The Morgan fingerprint density at radius 2 is 1.03 bits per heavy atom. The monoisotopic (exact) mass is 472 g/mol. The molecule has 0 radical (unpaired) electrons. The van der Waals surface area contributed by atoms with Crippen molar-refractivity contribution >= 4 is 21.0 Å². The van der Waals surface area contributed by atoms with Crippen LogP contribution in [0.2, 0.25) is 0 Å². The predicted molar refractivity (Wildman–Crippen MR) is 110 cm³/mol. The van der Waals surface area contributed by atoms with Crippen LogP contribution in [0.5, 0.6) is 11.5 Å². The number of hydrogen-bond acceptors (Lipinski definition) is 5. The van der Waals surface area contributed by atoms with Gasteiger partial charge in [0.1, 0.15) is 11.5 Å². The molecule has 3 aromatic carbocycles. The minimum absolute atomic E-state index is 0.146. The van der Waals surface area contributed by atoms with Crippen molar-refractivity contribution in [3.05, 3.63) is 78.9 Å². The molecule has 31 heavy (non-hydrogen) atoms.